The van der Waals surface area contributed by atoms with E-state index in [1.54, 1.807) is 30.3 Å². The van der Waals surface area contributed by atoms with Crippen molar-refractivity contribution in [1.29, 1.82) is 0 Å². The molecule has 0 bridgehead atoms. The number of nitrogens with zero attached hydrogens (tertiary/aromatic N) is 3. The van der Waals surface area contributed by atoms with Crippen LogP contribution in [0.25, 0.3) is 5.70 Å². The molecule has 3 aromatic rings. The van der Waals surface area contributed by atoms with Crippen molar-refractivity contribution < 1.29 is 18.7 Å². The lowest BCUT2D eigenvalue weighted by Gasteiger charge is -2.34. The number of amidine groups is 1. The van der Waals surface area contributed by atoms with Crippen LogP contribution in [0.5, 0.6) is 11.5 Å². The first-order valence-corrected chi connectivity index (χ1v) is 12.1. The van der Waals surface area contributed by atoms with Crippen molar-refractivity contribution >= 4 is 28.5 Å². The molecule has 1 amide bonds. The van der Waals surface area contributed by atoms with E-state index in [4.69, 9.17) is 19.6 Å². The fourth-order valence-electron chi connectivity index (χ4n) is 3.99. The van der Waals surface area contributed by atoms with Gasteiger partial charge in [0.1, 0.15) is 11.5 Å². The van der Waals surface area contributed by atoms with Gasteiger partial charge in [-0.15, -0.1) is 5.10 Å². The molecule has 178 valence electrons. The lowest BCUT2D eigenvalue weighted by atomic mass is 10.1. The maximum atomic E-state index is 14.1. The van der Waals surface area contributed by atoms with Crippen molar-refractivity contribution in [3.63, 3.8) is 0 Å². The molecule has 0 radical (unpaired) electrons. The molecule has 2 aliphatic heterocycles. The van der Waals surface area contributed by atoms with Gasteiger partial charge in [0.25, 0.3) is 5.91 Å². The zero-order valence-electron chi connectivity index (χ0n) is 19.2. The third-order valence-corrected chi connectivity index (χ3v) is 6.54. The Hall–Kier alpha value is -3.85. The number of fused-ring (bicyclic) bond motifs is 2. The highest BCUT2D eigenvalue weighted by molar-refractivity contribution is 8.13. The summed E-state index contributed by atoms with van der Waals surface area (Å²) in [5, 5.41) is 11.0. The molecule has 1 atom stereocenters. The minimum atomic E-state index is -0.598. The Morgan fingerprint density at radius 1 is 1.09 bits per heavy atom. The van der Waals surface area contributed by atoms with Crippen LogP contribution in [0.4, 0.5) is 4.39 Å². The Labute approximate surface area is 206 Å². The molecule has 0 saturated carbocycles. The summed E-state index contributed by atoms with van der Waals surface area (Å²) in [6.07, 6.45) is -0.598. The van der Waals surface area contributed by atoms with E-state index in [0.717, 1.165) is 5.56 Å². The second-order valence-electron chi connectivity index (χ2n) is 7.80. The smallest absolute Gasteiger partial charge is 0.276 e. The van der Waals surface area contributed by atoms with Gasteiger partial charge in [-0.25, -0.2) is 9.40 Å². The molecule has 0 unspecified atom stereocenters. The highest BCUT2D eigenvalue weighted by Gasteiger charge is 2.34. The fraction of sp³-hybridized carbons (Fsp3) is 0.192. The number of nitrogens with one attached hydrogen (secondary N) is 1. The largest absolute Gasteiger partial charge is 0.493 e. The van der Waals surface area contributed by atoms with Gasteiger partial charge in [0.2, 0.25) is 0 Å². The van der Waals surface area contributed by atoms with E-state index in [1.807, 2.05) is 49.4 Å². The van der Waals surface area contributed by atoms with Crippen LogP contribution in [0.3, 0.4) is 0 Å². The van der Waals surface area contributed by atoms with Gasteiger partial charge < -0.3 is 9.47 Å². The Morgan fingerprint density at radius 3 is 2.69 bits per heavy atom. The summed E-state index contributed by atoms with van der Waals surface area (Å²) in [6, 6.07) is 19.6. The van der Waals surface area contributed by atoms with Crippen LogP contribution in [0, 0.1) is 5.82 Å². The van der Waals surface area contributed by atoms with Gasteiger partial charge in [-0.3, -0.25) is 15.1 Å². The molecule has 2 heterocycles. The van der Waals surface area contributed by atoms with Crippen LogP contribution >= 0.6 is 11.8 Å². The number of benzene rings is 3. The van der Waals surface area contributed by atoms with E-state index >= 15 is 0 Å². The van der Waals surface area contributed by atoms with Gasteiger partial charge in [0.15, 0.2) is 22.8 Å². The van der Waals surface area contributed by atoms with Gasteiger partial charge in [-0.2, -0.15) is 0 Å². The summed E-state index contributed by atoms with van der Waals surface area (Å²) in [5.41, 5.74) is 1.73. The second-order valence-corrected chi connectivity index (χ2v) is 8.76. The standard InChI is InChI=1S/C26H23FN4O3S/c1-3-34-21-13-12-16(14-22(21)33-2)24-28-20-11-7-5-9-18(20)23-25(32)29-26(30-31(23)24)35-15-17-8-4-6-10-19(17)27/h4-14,24H,3,15H2,1-2H3,(H,29,30,32)/t24-/m1/s1. The Balaban J connectivity index is 1.56. The van der Waals surface area contributed by atoms with E-state index in [-0.39, 0.29) is 11.7 Å². The molecule has 2 aliphatic rings. The molecule has 35 heavy (non-hydrogen) atoms. The van der Waals surface area contributed by atoms with Crippen molar-refractivity contribution in [1.82, 2.24) is 10.3 Å². The number of hydrogen-bond acceptors (Lipinski definition) is 7. The number of hydrazone groups is 1. The van der Waals surface area contributed by atoms with Gasteiger partial charge >= 0.3 is 0 Å². The predicted octanol–water partition coefficient (Wildman–Crippen LogP) is 3.31. The summed E-state index contributed by atoms with van der Waals surface area (Å²) >= 11 is 1.26. The Bertz CT molecular complexity index is 1440. The molecule has 7 nitrogen and oxygen atoms in total. The molecule has 0 saturated heterocycles. The third-order valence-electron chi connectivity index (χ3n) is 5.62. The monoisotopic (exact) mass is 490 g/mol. The molecule has 0 fully saturated rings. The maximum absolute atomic E-state index is 14.1. The van der Waals surface area contributed by atoms with Crippen molar-refractivity contribution in [3.05, 3.63) is 94.3 Å². The van der Waals surface area contributed by atoms with Crippen LogP contribution in [-0.2, 0) is 10.5 Å². The summed E-state index contributed by atoms with van der Waals surface area (Å²) < 4.78 is 25.3. The quantitative estimate of drug-likeness (QED) is 0.574. The molecular formula is C26H23FN4O3S. The number of methoxy groups -OCH3 is 1. The first-order valence-electron chi connectivity index (χ1n) is 11.1. The molecule has 3 aromatic carbocycles. The first kappa shape index (κ1) is 22.9. The summed E-state index contributed by atoms with van der Waals surface area (Å²) in [6.45, 7) is 2.41. The normalized spacial score (nSPS) is 16.5. The molecular weight excluding hydrogens is 467 g/mol. The third kappa shape index (κ3) is 4.46. The highest BCUT2D eigenvalue weighted by Crippen LogP contribution is 2.36. The van der Waals surface area contributed by atoms with Crippen LogP contribution in [0.2, 0.25) is 0 Å². The van der Waals surface area contributed by atoms with Gasteiger partial charge in [0, 0.05) is 16.5 Å². The van der Waals surface area contributed by atoms with Crippen molar-refractivity contribution in [2.75, 3.05) is 13.7 Å². The topological polar surface area (TPSA) is 75.5 Å². The number of amides is 1. The number of para-hydroxylation sites is 1. The number of halogens is 1. The number of ether oxygens (including phenoxy) is 2. The van der Waals surface area contributed by atoms with E-state index in [2.05, 4.69) is 5.32 Å². The molecule has 0 aromatic heterocycles. The average Bonchev–Trinajstić information content (AvgIpc) is 2.88. The predicted molar refractivity (Wildman–Crippen MR) is 133 cm³/mol. The summed E-state index contributed by atoms with van der Waals surface area (Å²) in [4.78, 5) is 18.2. The summed E-state index contributed by atoms with van der Waals surface area (Å²) in [5.74, 6) is 0.932. The minimum absolute atomic E-state index is 0.290. The second kappa shape index (κ2) is 9.79. The number of carbonyl (C=O) groups is 1. The maximum Gasteiger partial charge on any atom is 0.276 e. The van der Waals surface area contributed by atoms with Gasteiger partial charge in [-0.1, -0.05) is 54.2 Å². The van der Waals surface area contributed by atoms with Gasteiger partial charge in [0.05, 0.1) is 19.1 Å². The van der Waals surface area contributed by atoms with E-state index < -0.39 is 6.17 Å². The van der Waals surface area contributed by atoms with Crippen molar-refractivity contribution in [2.24, 2.45) is 10.1 Å². The first-order chi connectivity index (χ1) is 17.1. The van der Waals surface area contributed by atoms with Crippen LogP contribution < -0.4 is 25.4 Å². The van der Waals surface area contributed by atoms with Gasteiger partial charge in [-0.05, 0) is 36.8 Å². The SMILES string of the molecule is CCOc1ccc([C@@H]2N=c3ccccc3=C3C(=O)NC(SCc4ccccc4F)=NN32)cc1OC. The van der Waals surface area contributed by atoms with E-state index in [9.17, 15) is 9.18 Å². The fourth-order valence-corrected chi connectivity index (χ4v) is 4.83. The molecule has 0 spiro atoms. The lowest BCUT2D eigenvalue weighted by molar-refractivity contribution is -0.116. The van der Waals surface area contributed by atoms with Crippen LogP contribution in [0.1, 0.15) is 24.2 Å². The number of thioether (sulfide) groups is 1. The minimum Gasteiger partial charge on any atom is -0.493 e. The summed E-state index contributed by atoms with van der Waals surface area (Å²) in [7, 11) is 1.58. The van der Waals surface area contributed by atoms with E-state index in [0.29, 0.717) is 50.9 Å². The van der Waals surface area contributed by atoms with E-state index in [1.165, 1.54) is 17.8 Å². The number of rotatable bonds is 6. The van der Waals surface area contributed by atoms with Crippen LogP contribution in [-0.4, -0.2) is 29.8 Å². The Morgan fingerprint density at radius 2 is 1.89 bits per heavy atom. The van der Waals surface area contributed by atoms with Crippen LogP contribution in [0.15, 0.2) is 76.8 Å². The van der Waals surface area contributed by atoms with Crippen molar-refractivity contribution in [2.45, 2.75) is 18.8 Å². The lowest BCUT2D eigenvalue weighted by Crippen LogP contribution is -2.50. The number of carbonyl (C=O) groups excluding carboxylic acids is 1. The average molecular weight is 491 g/mol. The highest BCUT2D eigenvalue weighted by atomic mass is 32.2. The Kier molecular flexibility index (Phi) is 6.41. The zero-order chi connectivity index (χ0) is 24.4. The molecule has 5 rings (SSSR count). The van der Waals surface area contributed by atoms with Crippen molar-refractivity contribution in [3.8, 4) is 11.5 Å². The molecule has 0 aliphatic carbocycles. The molecule has 9 heteroatoms. The number of hydrogen-bond donors (Lipinski definition) is 1. The zero-order valence-corrected chi connectivity index (χ0v) is 20.0. The molecule has 1 N–H and O–H groups in total.